The second kappa shape index (κ2) is 3.48. The zero-order valence-electron chi connectivity index (χ0n) is 8.23. The fourth-order valence-electron chi connectivity index (χ4n) is 2.05. The third kappa shape index (κ3) is 2.36. The highest BCUT2D eigenvalue weighted by Gasteiger charge is 2.46. The van der Waals surface area contributed by atoms with Gasteiger partial charge < -0.3 is 4.90 Å². The van der Waals surface area contributed by atoms with E-state index in [1.54, 1.807) is 7.05 Å². The molecule has 0 aromatic rings. The number of hydrogen-bond donors (Lipinski definition) is 0. The molecule has 0 aliphatic carbocycles. The zero-order valence-corrected chi connectivity index (χ0v) is 8.23. The van der Waals surface area contributed by atoms with Gasteiger partial charge in [0.15, 0.2) is 0 Å². The quantitative estimate of drug-likeness (QED) is 0.621. The first-order valence-corrected chi connectivity index (χ1v) is 4.59. The van der Waals surface area contributed by atoms with Crippen molar-refractivity contribution < 1.29 is 13.2 Å². The second-order valence-corrected chi connectivity index (χ2v) is 4.23. The lowest BCUT2D eigenvalue weighted by molar-refractivity contribution is -0.170. The number of nitrogens with zero attached hydrogens (tertiary/aromatic N) is 1. The summed E-state index contributed by atoms with van der Waals surface area (Å²) < 4.78 is 37.0. The molecule has 13 heavy (non-hydrogen) atoms. The Labute approximate surface area is 76.9 Å². The lowest BCUT2D eigenvalue weighted by Crippen LogP contribution is -2.29. The molecule has 1 fully saturated rings. The second-order valence-electron chi connectivity index (χ2n) is 4.23. The summed E-state index contributed by atoms with van der Waals surface area (Å²) >= 11 is 0. The van der Waals surface area contributed by atoms with Crippen LogP contribution in [0.1, 0.15) is 20.3 Å². The first kappa shape index (κ1) is 10.8. The predicted molar refractivity (Wildman–Crippen MR) is 45.4 cm³/mol. The first-order valence-electron chi connectivity index (χ1n) is 4.59. The molecule has 0 N–H and O–H groups in total. The summed E-state index contributed by atoms with van der Waals surface area (Å²) in [7, 11) is 1.77. The van der Waals surface area contributed by atoms with E-state index in [2.05, 4.69) is 0 Å². The van der Waals surface area contributed by atoms with Gasteiger partial charge in [0.1, 0.15) is 0 Å². The highest BCUT2D eigenvalue weighted by atomic mass is 19.4. The highest BCUT2D eigenvalue weighted by molar-refractivity contribution is 4.88. The van der Waals surface area contributed by atoms with Crippen LogP contribution in [0.2, 0.25) is 0 Å². The summed E-state index contributed by atoms with van der Waals surface area (Å²) in [5.41, 5.74) is 0. The van der Waals surface area contributed by atoms with Gasteiger partial charge in [0, 0.05) is 12.6 Å². The largest absolute Gasteiger partial charge is 0.393 e. The standard InChI is InChI=1S/C9H16F3N/c1-6(2)8-4-7(5-13(8)3)9(10,11)12/h6-8H,4-5H2,1-3H3/t7-,8?/m1/s1. The van der Waals surface area contributed by atoms with Crippen LogP contribution in [0.4, 0.5) is 13.2 Å². The summed E-state index contributed by atoms with van der Waals surface area (Å²) in [6.45, 7) is 4.10. The average Bonchev–Trinajstić information content (AvgIpc) is 2.29. The number of alkyl halides is 3. The van der Waals surface area contributed by atoms with E-state index in [0.717, 1.165) is 0 Å². The molecule has 1 nitrogen and oxygen atoms in total. The average molecular weight is 195 g/mol. The van der Waals surface area contributed by atoms with E-state index in [0.29, 0.717) is 5.92 Å². The molecule has 4 heteroatoms. The van der Waals surface area contributed by atoms with Crippen molar-refractivity contribution in [2.45, 2.75) is 32.5 Å². The third-order valence-electron chi connectivity index (χ3n) is 2.83. The van der Waals surface area contributed by atoms with Crippen LogP contribution in [0.3, 0.4) is 0 Å². The summed E-state index contributed by atoms with van der Waals surface area (Å²) in [5, 5.41) is 0. The van der Waals surface area contributed by atoms with Gasteiger partial charge in [-0.15, -0.1) is 0 Å². The number of halogens is 3. The zero-order chi connectivity index (χ0) is 10.2. The normalized spacial score (nSPS) is 31.6. The Kier molecular flexibility index (Phi) is 2.90. The first-order chi connectivity index (χ1) is 5.82. The van der Waals surface area contributed by atoms with Gasteiger partial charge in [0.25, 0.3) is 0 Å². The van der Waals surface area contributed by atoms with E-state index in [1.807, 2.05) is 18.7 Å². The maximum atomic E-state index is 12.3. The number of hydrogen-bond acceptors (Lipinski definition) is 1. The van der Waals surface area contributed by atoms with Gasteiger partial charge in [0.05, 0.1) is 5.92 Å². The minimum absolute atomic E-state index is 0.0895. The lowest BCUT2D eigenvalue weighted by atomic mass is 9.97. The van der Waals surface area contributed by atoms with E-state index in [4.69, 9.17) is 0 Å². The smallest absolute Gasteiger partial charge is 0.303 e. The van der Waals surface area contributed by atoms with Crippen molar-refractivity contribution in [2.75, 3.05) is 13.6 Å². The van der Waals surface area contributed by atoms with Gasteiger partial charge in [-0.25, -0.2) is 0 Å². The Morgan fingerprint density at radius 1 is 1.31 bits per heavy atom. The molecule has 1 aliphatic rings. The molecule has 1 aliphatic heterocycles. The van der Waals surface area contributed by atoms with Crippen LogP contribution in [-0.4, -0.2) is 30.7 Å². The Morgan fingerprint density at radius 2 is 1.85 bits per heavy atom. The molecule has 1 unspecified atom stereocenters. The van der Waals surface area contributed by atoms with Gasteiger partial charge in [-0.05, 0) is 19.4 Å². The fourth-order valence-corrected chi connectivity index (χ4v) is 2.05. The van der Waals surface area contributed by atoms with Crippen molar-refractivity contribution in [1.82, 2.24) is 4.90 Å². The molecule has 78 valence electrons. The Morgan fingerprint density at radius 3 is 2.08 bits per heavy atom. The highest BCUT2D eigenvalue weighted by Crippen LogP contribution is 2.37. The maximum Gasteiger partial charge on any atom is 0.393 e. The van der Waals surface area contributed by atoms with E-state index in [1.165, 1.54) is 0 Å². The van der Waals surface area contributed by atoms with Crippen molar-refractivity contribution >= 4 is 0 Å². The fraction of sp³-hybridized carbons (Fsp3) is 1.00. The molecule has 0 aromatic carbocycles. The summed E-state index contributed by atoms with van der Waals surface area (Å²) in [4.78, 5) is 1.82. The van der Waals surface area contributed by atoms with Crippen molar-refractivity contribution in [1.29, 1.82) is 0 Å². The van der Waals surface area contributed by atoms with Crippen LogP contribution in [-0.2, 0) is 0 Å². The number of rotatable bonds is 1. The van der Waals surface area contributed by atoms with Gasteiger partial charge in [0.2, 0.25) is 0 Å². The van der Waals surface area contributed by atoms with Gasteiger partial charge in [-0.3, -0.25) is 0 Å². The van der Waals surface area contributed by atoms with E-state index >= 15 is 0 Å². The Hall–Kier alpha value is -0.250. The SMILES string of the molecule is CC(C)C1C[C@@H](C(F)(F)F)CN1C. The Balaban J connectivity index is 2.60. The van der Waals surface area contributed by atoms with E-state index < -0.39 is 12.1 Å². The van der Waals surface area contributed by atoms with Crippen LogP contribution in [0.5, 0.6) is 0 Å². The summed E-state index contributed by atoms with van der Waals surface area (Å²) in [6.07, 6.45) is -3.75. The third-order valence-corrected chi connectivity index (χ3v) is 2.83. The maximum absolute atomic E-state index is 12.3. The molecule has 0 aromatic heterocycles. The lowest BCUT2D eigenvalue weighted by Gasteiger charge is -2.22. The molecule has 0 bridgehead atoms. The van der Waals surface area contributed by atoms with Crippen LogP contribution in [0.15, 0.2) is 0 Å². The molecular formula is C9H16F3N. The number of likely N-dealkylation sites (tertiary alicyclic amines) is 1. The Bertz CT molecular complexity index is 176. The van der Waals surface area contributed by atoms with Crippen LogP contribution < -0.4 is 0 Å². The van der Waals surface area contributed by atoms with E-state index in [-0.39, 0.29) is 19.0 Å². The summed E-state index contributed by atoms with van der Waals surface area (Å²) in [6, 6.07) is 0.0895. The van der Waals surface area contributed by atoms with Crippen molar-refractivity contribution in [3.8, 4) is 0 Å². The van der Waals surface area contributed by atoms with Gasteiger partial charge >= 0.3 is 6.18 Å². The van der Waals surface area contributed by atoms with Crippen LogP contribution in [0, 0.1) is 11.8 Å². The van der Waals surface area contributed by atoms with Crippen molar-refractivity contribution in [3.05, 3.63) is 0 Å². The monoisotopic (exact) mass is 195 g/mol. The minimum Gasteiger partial charge on any atom is -0.303 e. The van der Waals surface area contributed by atoms with Crippen molar-refractivity contribution in [3.63, 3.8) is 0 Å². The molecular weight excluding hydrogens is 179 g/mol. The molecule has 0 radical (unpaired) electrons. The molecule has 2 atom stereocenters. The predicted octanol–water partition coefficient (Wildman–Crippen LogP) is 2.53. The summed E-state index contributed by atoms with van der Waals surface area (Å²) in [5.74, 6) is -0.817. The molecule has 0 saturated carbocycles. The molecule has 1 saturated heterocycles. The molecule has 1 rings (SSSR count). The minimum atomic E-state index is -4.02. The van der Waals surface area contributed by atoms with Crippen LogP contribution >= 0.6 is 0 Å². The van der Waals surface area contributed by atoms with E-state index in [9.17, 15) is 13.2 Å². The molecule has 1 heterocycles. The van der Waals surface area contributed by atoms with Crippen LogP contribution in [0.25, 0.3) is 0 Å². The van der Waals surface area contributed by atoms with Crippen molar-refractivity contribution in [2.24, 2.45) is 11.8 Å². The van der Waals surface area contributed by atoms with Gasteiger partial charge in [-0.2, -0.15) is 13.2 Å². The van der Waals surface area contributed by atoms with Gasteiger partial charge in [-0.1, -0.05) is 13.8 Å². The topological polar surface area (TPSA) is 3.24 Å². The molecule has 0 spiro atoms. The molecule has 0 amide bonds.